The molecule has 0 bridgehead atoms. The monoisotopic (exact) mass is 657 g/mol. The van der Waals surface area contributed by atoms with Gasteiger partial charge in [-0.05, 0) is 18.1 Å². The first-order valence-corrected chi connectivity index (χ1v) is 14.5. The van der Waals surface area contributed by atoms with Crippen molar-refractivity contribution in [2.45, 2.75) is 61.1 Å². The van der Waals surface area contributed by atoms with E-state index in [1.165, 1.54) is 13.0 Å². The largest absolute Gasteiger partial charge is 0.464 e. The Morgan fingerprint density at radius 2 is 1.65 bits per heavy atom. The van der Waals surface area contributed by atoms with Crippen LogP contribution in [-0.4, -0.2) is 72.2 Å². The Morgan fingerprint density at radius 1 is 1.00 bits per heavy atom. The molecule has 0 radical (unpaired) electrons. The van der Waals surface area contributed by atoms with E-state index in [2.05, 4.69) is 6.58 Å². The number of halogens is 3. The molecule has 1 fully saturated rings. The average molecular weight is 659 g/mol. The first-order chi connectivity index (χ1) is 20.5. The number of hydrogen-bond donors (Lipinski definition) is 1. The summed E-state index contributed by atoms with van der Waals surface area (Å²) in [5.74, 6) is -2.03. The van der Waals surface area contributed by atoms with Crippen LogP contribution in [0.3, 0.4) is 0 Å². The van der Waals surface area contributed by atoms with Gasteiger partial charge < -0.3 is 33.2 Å². The Balaban J connectivity index is 2.08. The Kier molecular flexibility index (Phi) is 13.7. The smallest absolute Gasteiger partial charge is 0.339 e. The van der Waals surface area contributed by atoms with Crippen LogP contribution in [-0.2, 0) is 49.4 Å². The van der Waals surface area contributed by atoms with Gasteiger partial charge in [0, 0.05) is 6.92 Å². The molecule has 0 aliphatic carbocycles. The van der Waals surface area contributed by atoms with Crippen LogP contribution >= 0.6 is 34.8 Å². The predicted octanol–water partition coefficient (Wildman–Crippen LogP) is 5.48. The molecule has 2 aromatic carbocycles. The lowest BCUT2D eigenvalue weighted by atomic mass is 9.97. The third kappa shape index (κ3) is 10.5. The molecule has 6 atom stereocenters. The highest BCUT2D eigenvalue weighted by Gasteiger charge is 2.52. The number of nitrogens with one attached hydrogen (secondary N) is 1. The highest BCUT2D eigenvalue weighted by atomic mass is 35.6. The first-order valence-electron chi connectivity index (χ1n) is 13.4. The van der Waals surface area contributed by atoms with Gasteiger partial charge in [-0.1, -0.05) is 102 Å². The van der Waals surface area contributed by atoms with Crippen LogP contribution in [0.15, 0.2) is 73.3 Å². The molecule has 1 N–H and O–H groups in total. The quantitative estimate of drug-likeness (QED) is 0.0924. The van der Waals surface area contributed by atoms with Crippen molar-refractivity contribution < 1.29 is 42.7 Å². The average Bonchev–Trinajstić information content (AvgIpc) is 2.98. The van der Waals surface area contributed by atoms with Crippen molar-refractivity contribution in [2.24, 2.45) is 0 Å². The van der Waals surface area contributed by atoms with Crippen molar-refractivity contribution in [3.8, 4) is 0 Å². The maximum absolute atomic E-state index is 13.2. The van der Waals surface area contributed by atoms with Crippen LogP contribution in [0.5, 0.6) is 0 Å². The van der Waals surface area contributed by atoms with Crippen molar-refractivity contribution in [3.63, 3.8) is 0 Å². The van der Waals surface area contributed by atoms with Crippen molar-refractivity contribution in [1.29, 1.82) is 5.41 Å². The molecule has 0 unspecified atom stereocenters. The summed E-state index contributed by atoms with van der Waals surface area (Å²) in [5.41, 5.74) is 1.32. The molecule has 0 spiro atoms. The Hall–Kier alpha value is -2.70. The van der Waals surface area contributed by atoms with Crippen molar-refractivity contribution in [1.82, 2.24) is 0 Å². The van der Waals surface area contributed by atoms with Gasteiger partial charge in [0.2, 0.25) is 12.2 Å². The van der Waals surface area contributed by atoms with Crippen molar-refractivity contribution >= 4 is 52.6 Å². The van der Waals surface area contributed by atoms with Gasteiger partial charge >= 0.3 is 11.9 Å². The zero-order chi connectivity index (χ0) is 31.4. The Bertz CT molecular complexity index is 1200. The fourth-order valence-corrected chi connectivity index (χ4v) is 4.38. The van der Waals surface area contributed by atoms with Gasteiger partial charge in [0.25, 0.3) is 3.79 Å². The number of benzene rings is 2. The SMILES string of the molecule is C=CCO[C@@H]1[C@@H](O[C@@H](C(=O)OCC)c2ccccc2)[C@@H](OC(=N)C(Cl)(Cl)Cl)O[C@H](COC(C)=O)[C@H]1OCc1ccccc1. The van der Waals surface area contributed by atoms with Crippen LogP contribution in [0.1, 0.15) is 31.1 Å². The predicted molar refractivity (Wildman–Crippen MR) is 160 cm³/mol. The van der Waals surface area contributed by atoms with Gasteiger partial charge in [0.15, 0.2) is 12.2 Å². The minimum atomic E-state index is -2.25. The summed E-state index contributed by atoms with van der Waals surface area (Å²) in [7, 11) is 0. The van der Waals surface area contributed by atoms with Gasteiger partial charge in [-0.2, -0.15) is 0 Å². The maximum Gasteiger partial charge on any atom is 0.339 e. The molecule has 0 saturated carbocycles. The molecule has 234 valence electrons. The summed E-state index contributed by atoms with van der Waals surface area (Å²) in [6.45, 7) is 6.62. The van der Waals surface area contributed by atoms with E-state index < -0.39 is 58.4 Å². The Morgan fingerprint density at radius 3 is 2.23 bits per heavy atom. The standard InChI is InChI=1S/C30H34Cl3NO9/c1-4-16-38-25-24(40-17-20-12-8-6-9-13-20)22(18-39-19(3)35)41-28(43-29(34)30(31,32)33)26(25)42-23(27(36)37-5-2)21-14-10-7-11-15-21/h4,6-15,22-26,28,34H,1,5,16-18H2,2-3H3/t22-,23-,24-,25+,26-,28-/m1/s1. The molecule has 1 saturated heterocycles. The highest BCUT2D eigenvalue weighted by molar-refractivity contribution is 6.76. The van der Waals surface area contributed by atoms with Crippen molar-refractivity contribution in [3.05, 3.63) is 84.4 Å². The second kappa shape index (κ2) is 17.0. The number of alkyl halides is 3. The van der Waals surface area contributed by atoms with E-state index in [1.54, 1.807) is 37.3 Å². The molecule has 2 aromatic rings. The van der Waals surface area contributed by atoms with Crippen LogP contribution < -0.4 is 0 Å². The number of rotatable bonds is 14. The summed E-state index contributed by atoms with van der Waals surface area (Å²) >= 11 is 17.8. The maximum atomic E-state index is 13.2. The minimum absolute atomic E-state index is 0.0278. The van der Waals surface area contributed by atoms with E-state index in [9.17, 15) is 9.59 Å². The highest BCUT2D eigenvalue weighted by Crippen LogP contribution is 2.36. The van der Waals surface area contributed by atoms with E-state index in [-0.39, 0.29) is 26.4 Å². The summed E-state index contributed by atoms with van der Waals surface area (Å²) in [5, 5.41) is 8.23. The van der Waals surface area contributed by atoms with E-state index in [0.717, 1.165) is 5.56 Å². The number of ether oxygens (including phenoxy) is 7. The lowest BCUT2D eigenvalue weighted by Gasteiger charge is -2.46. The molecule has 1 aliphatic heterocycles. The molecule has 13 heteroatoms. The van der Waals surface area contributed by atoms with Crippen LogP contribution in [0.25, 0.3) is 0 Å². The zero-order valence-corrected chi connectivity index (χ0v) is 25.9. The van der Waals surface area contributed by atoms with Crippen LogP contribution in [0.2, 0.25) is 0 Å². The third-order valence-electron chi connectivity index (χ3n) is 6.12. The van der Waals surface area contributed by atoms with Gasteiger partial charge in [0.05, 0.1) is 19.8 Å². The molecule has 3 rings (SSSR count). The zero-order valence-electron chi connectivity index (χ0n) is 23.7. The summed E-state index contributed by atoms with van der Waals surface area (Å²) in [6, 6.07) is 18.0. The molecular formula is C30H34Cl3NO9. The van der Waals surface area contributed by atoms with Crippen LogP contribution in [0.4, 0.5) is 0 Å². The van der Waals surface area contributed by atoms with Gasteiger partial charge in [0.1, 0.15) is 24.9 Å². The summed E-state index contributed by atoms with van der Waals surface area (Å²) in [6.07, 6.45) is -5.48. The van der Waals surface area contributed by atoms with E-state index in [1.807, 2.05) is 30.3 Å². The molecule has 0 aromatic heterocycles. The molecule has 0 amide bonds. The fraction of sp³-hybridized carbons (Fsp3) is 0.433. The fourth-order valence-electron chi connectivity index (χ4n) is 4.24. The number of hydrogen-bond acceptors (Lipinski definition) is 10. The molecule has 43 heavy (non-hydrogen) atoms. The molecule has 1 aliphatic rings. The van der Waals surface area contributed by atoms with Crippen molar-refractivity contribution in [2.75, 3.05) is 19.8 Å². The second-order valence-corrected chi connectivity index (χ2v) is 11.6. The number of esters is 2. The molecule has 10 nitrogen and oxygen atoms in total. The molecule has 1 heterocycles. The lowest BCUT2D eigenvalue weighted by Crippen LogP contribution is -2.63. The first kappa shape index (κ1) is 34.8. The second-order valence-electron chi connectivity index (χ2n) is 9.28. The van der Waals surface area contributed by atoms with Gasteiger partial charge in [-0.25, -0.2) is 4.79 Å². The number of carbonyl (C=O) groups excluding carboxylic acids is 2. The summed E-state index contributed by atoms with van der Waals surface area (Å²) in [4.78, 5) is 24.9. The van der Waals surface area contributed by atoms with E-state index in [4.69, 9.17) is 73.4 Å². The van der Waals surface area contributed by atoms with Gasteiger partial charge in [-0.15, -0.1) is 6.58 Å². The molecular weight excluding hydrogens is 625 g/mol. The van der Waals surface area contributed by atoms with Gasteiger partial charge in [-0.3, -0.25) is 10.2 Å². The third-order valence-corrected chi connectivity index (χ3v) is 6.64. The van der Waals surface area contributed by atoms with E-state index in [0.29, 0.717) is 5.56 Å². The Labute approximate surface area is 265 Å². The topological polar surface area (TPSA) is 123 Å². The van der Waals surface area contributed by atoms with Crippen LogP contribution in [0, 0.1) is 5.41 Å². The normalized spacial score (nSPS) is 22.7. The summed E-state index contributed by atoms with van der Waals surface area (Å²) < 4.78 is 39.1. The van der Waals surface area contributed by atoms with E-state index >= 15 is 0 Å². The lowest BCUT2D eigenvalue weighted by molar-refractivity contribution is -0.313. The minimum Gasteiger partial charge on any atom is -0.464 e. The number of carbonyl (C=O) groups is 2.